The molecule has 0 aliphatic rings. The third-order valence-corrected chi connectivity index (χ3v) is 2.24. The Bertz CT molecular complexity index is 417. The van der Waals surface area contributed by atoms with Crippen molar-refractivity contribution < 1.29 is 13.2 Å². The number of alkyl halides is 3. The van der Waals surface area contributed by atoms with Crippen molar-refractivity contribution in [2.24, 2.45) is 5.73 Å². The molecule has 0 aliphatic carbocycles. The molecule has 100 valence electrons. The summed E-state index contributed by atoms with van der Waals surface area (Å²) in [5, 5.41) is 7.26. The number of rotatable bonds is 5. The van der Waals surface area contributed by atoms with Crippen LogP contribution < -0.4 is 10.6 Å². The van der Waals surface area contributed by atoms with Crippen molar-refractivity contribution in [3.8, 4) is 0 Å². The Hall–Kier alpha value is -1.79. The number of nitrogens with two attached hydrogens (primary N) is 1. The van der Waals surface area contributed by atoms with Gasteiger partial charge in [-0.1, -0.05) is 6.92 Å². The zero-order chi connectivity index (χ0) is 13.8. The molecule has 0 radical (unpaired) electrons. The van der Waals surface area contributed by atoms with Gasteiger partial charge in [0.25, 0.3) is 0 Å². The Labute approximate surface area is 103 Å². The molecule has 0 unspecified atom stereocenters. The third-order valence-electron chi connectivity index (χ3n) is 2.24. The molecular weight excluding hydrogens is 245 g/mol. The summed E-state index contributed by atoms with van der Waals surface area (Å²) in [6.07, 6.45) is -2.36. The van der Waals surface area contributed by atoms with Crippen molar-refractivity contribution in [1.82, 2.24) is 4.98 Å². The van der Waals surface area contributed by atoms with Crippen LogP contribution in [0.3, 0.4) is 0 Å². The Morgan fingerprint density at radius 2 is 2.17 bits per heavy atom. The maximum atomic E-state index is 12.4. The first-order valence-electron chi connectivity index (χ1n) is 5.45. The fraction of sp³-hybridized carbons (Fsp3) is 0.455. The summed E-state index contributed by atoms with van der Waals surface area (Å²) >= 11 is 0. The van der Waals surface area contributed by atoms with Gasteiger partial charge >= 0.3 is 6.18 Å². The summed E-state index contributed by atoms with van der Waals surface area (Å²) in [6, 6.07) is 2.88. The summed E-state index contributed by atoms with van der Waals surface area (Å²) in [7, 11) is 0. The van der Waals surface area contributed by atoms with Crippen molar-refractivity contribution in [1.29, 1.82) is 5.41 Å². The highest BCUT2D eigenvalue weighted by Gasteiger charge is 2.31. The van der Waals surface area contributed by atoms with Crippen molar-refractivity contribution in [2.45, 2.75) is 19.5 Å². The number of hydrogen-bond acceptors (Lipinski definition) is 3. The van der Waals surface area contributed by atoms with E-state index in [4.69, 9.17) is 11.1 Å². The molecule has 7 heteroatoms. The van der Waals surface area contributed by atoms with Gasteiger partial charge in [0.15, 0.2) is 0 Å². The standard InChI is InChI=1S/C11H15F3N4/c1-2-5-18(7-11(12,13)14)9-6-8(10(15)16)3-4-17-9/h3-4,6H,2,5,7H2,1H3,(H3,15,16). The molecule has 0 amide bonds. The van der Waals surface area contributed by atoms with Crippen LogP contribution in [0.5, 0.6) is 0 Å². The van der Waals surface area contributed by atoms with Gasteiger partial charge in [0, 0.05) is 18.3 Å². The lowest BCUT2D eigenvalue weighted by atomic mass is 10.2. The first-order chi connectivity index (χ1) is 8.33. The van der Waals surface area contributed by atoms with Gasteiger partial charge in [-0.15, -0.1) is 0 Å². The molecule has 1 aromatic heterocycles. The van der Waals surface area contributed by atoms with E-state index in [1.165, 1.54) is 18.3 Å². The molecule has 0 saturated carbocycles. The molecule has 0 atom stereocenters. The van der Waals surface area contributed by atoms with Crippen molar-refractivity contribution in [3.05, 3.63) is 23.9 Å². The van der Waals surface area contributed by atoms with E-state index >= 15 is 0 Å². The van der Waals surface area contributed by atoms with E-state index in [0.29, 0.717) is 12.0 Å². The monoisotopic (exact) mass is 260 g/mol. The number of hydrogen-bond donors (Lipinski definition) is 2. The quantitative estimate of drug-likeness (QED) is 0.629. The van der Waals surface area contributed by atoms with Crippen LogP contribution >= 0.6 is 0 Å². The highest BCUT2D eigenvalue weighted by Crippen LogP contribution is 2.21. The molecule has 0 aliphatic heterocycles. The Morgan fingerprint density at radius 3 is 2.67 bits per heavy atom. The molecular formula is C11H15F3N4. The number of amidine groups is 1. The van der Waals surface area contributed by atoms with Crippen molar-refractivity contribution in [2.75, 3.05) is 18.0 Å². The van der Waals surface area contributed by atoms with Gasteiger partial charge in [0.2, 0.25) is 0 Å². The van der Waals surface area contributed by atoms with E-state index in [9.17, 15) is 13.2 Å². The van der Waals surface area contributed by atoms with Crippen LogP contribution in [0.15, 0.2) is 18.3 Å². The molecule has 3 N–H and O–H groups in total. The minimum atomic E-state index is -4.29. The topological polar surface area (TPSA) is 66.0 Å². The highest BCUT2D eigenvalue weighted by atomic mass is 19.4. The first kappa shape index (κ1) is 14.3. The first-order valence-corrected chi connectivity index (χ1v) is 5.45. The van der Waals surface area contributed by atoms with Gasteiger partial charge in [-0.05, 0) is 18.6 Å². The van der Waals surface area contributed by atoms with E-state index in [1.54, 1.807) is 6.92 Å². The Balaban J connectivity index is 2.98. The summed E-state index contributed by atoms with van der Waals surface area (Å²) in [6.45, 7) is 0.973. The predicted octanol–water partition coefficient (Wildman–Crippen LogP) is 2.14. The lowest BCUT2D eigenvalue weighted by Crippen LogP contribution is -2.35. The van der Waals surface area contributed by atoms with Crippen LogP contribution in [-0.4, -0.2) is 30.1 Å². The molecule has 0 bridgehead atoms. The summed E-state index contributed by atoms with van der Waals surface area (Å²) in [5.74, 6) is -0.0102. The molecule has 1 aromatic rings. The molecule has 0 saturated heterocycles. The molecule has 0 aromatic carbocycles. The maximum absolute atomic E-state index is 12.4. The highest BCUT2D eigenvalue weighted by molar-refractivity contribution is 5.95. The van der Waals surface area contributed by atoms with E-state index < -0.39 is 12.7 Å². The van der Waals surface area contributed by atoms with E-state index in [-0.39, 0.29) is 18.2 Å². The zero-order valence-electron chi connectivity index (χ0n) is 9.96. The van der Waals surface area contributed by atoms with Gasteiger partial charge in [-0.25, -0.2) is 4.98 Å². The van der Waals surface area contributed by atoms with Crippen molar-refractivity contribution >= 4 is 11.7 Å². The summed E-state index contributed by atoms with van der Waals surface area (Å²) in [5.41, 5.74) is 5.66. The zero-order valence-corrected chi connectivity index (χ0v) is 9.96. The second-order valence-corrected chi connectivity index (χ2v) is 3.85. The van der Waals surface area contributed by atoms with Crippen LogP contribution in [-0.2, 0) is 0 Å². The molecule has 0 spiro atoms. The molecule has 18 heavy (non-hydrogen) atoms. The van der Waals surface area contributed by atoms with Gasteiger partial charge in [-0.3, -0.25) is 5.41 Å². The fourth-order valence-corrected chi connectivity index (χ4v) is 1.52. The fourth-order valence-electron chi connectivity index (χ4n) is 1.52. The van der Waals surface area contributed by atoms with Crippen LogP contribution in [0.25, 0.3) is 0 Å². The average molecular weight is 260 g/mol. The minimum absolute atomic E-state index is 0.182. The second-order valence-electron chi connectivity index (χ2n) is 3.85. The van der Waals surface area contributed by atoms with Crippen LogP contribution in [0, 0.1) is 5.41 Å². The van der Waals surface area contributed by atoms with Crippen LogP contribution in [0.2, 0.25) is 0 Å². The van der Waals surface area contributed by atoms with E-state index in [1.807, 2.05) is 0 Å². The van der Waals surface area contributed by atoms with Gasteiger partial charge in [-0.2, -0.15) is 13.2 Å². The number of halogens is 3. The van der Waals surface area contributed by atoms with E-state index in [0.717, 1.165) is 4.90 Å². The van der Waals surface area contributed by atoms with Crippen LogP contribution in [0.1, 0.15) is 18.9 Å². The minimum Gasteiger partial charge on any atom is -0.384 e. The number of nitrogen functional groups attached to an aromatic ring is 1. The number of nitrogens with one attached hydrogen (secondary N) is 1. The predicted molar refractivity (Wildman–Crippen MR) is 63.8 cm³/mol. The number of pyridine rings is 1. The Morgan fingerprint density at radius 1 is 1.50 bits per heavy atom. The maximum Gasteiger partial charge on any atom is 0.405 e. The van der Waals surface area contributed by atoms with E-state index in [2.05, 4.69) is 4.98 Å². The number of nitrogens with zero attached hydrogens (tertiary/aromatic N) is 2. The van der Waals surface area contributed by atoms with Gasteiger partial charge in [0.1, 0.15) is 18.2 Å². The lowest BCUT2D eigenvalue weighted by Gasteiger charge is -2.24. The van der Waals surface area contributed by atoms with Crippen molar-refractivity contribution in [3.63, 3.8) is 0 Å². The molecule has 4 nitrogen and oxygen atoms in total. The smallest absolute Gasteiger partial charge is 0.384 e. The van der Waals surface area contributed by atoms with Gasteiger partial charge in [0.05, 0.1) is 0 Å². The summed E-state index contributed by atoms with van der Waals surface area (Å²) < 4.78 is 37.3. The molecule has 1 rings (SSSR count). The Kier molecular flexibility index (Phi) is 4.52. The molecule has 1 heterocycles. The SMILES string of the molecule is CCCN(CC(F)(F)F)c1cc(C(=N)N)ccn1. The molecule has 0 fully saturated rings. The normalized spacial score (nSPS) is 11.3. The van der Waals surface area contributed by atoms with Gasteiger partial charge < -0.3 is 10.6 Å². The van der Waals surface area contributed by atoms with Crippen LogP contribution in [0.4, 0.5) is 19.0 Å². The second kappa shape index (κ2) is 5.70. The average Bonchev–Trinajstić information content (AvgIpc) is 2.27. The lowest BCUT2D eigenvalue weighted by molar-refractivity contribution is -0.119. The number of aromatic nitrogens is 1. The largest absolute Gasteiger partial charge is 0.405 e. The number of anilines is 1. The third kappa shape index (κ3) is 4.23. The summed E-state index contributed by atoms with van der Waals surface area (Å²) in [4.78, 5) is 5.03.